The van der Waals surface area contributed by atoms with E-state index < -0.39 is 17.8 Å². The lowest BCUT2D eigenvalue weighted by molar-refractivity contribution is 0.188. The molecule has 0 saturated carbocycles. The second kappa shape index (κ2) is 10.8. The van der Waals surface area contributed by atoms with Crippen molar-refractivity contribution in [3.63, 3.8) is 0 Å². The van der Waals surface area contributed by atoms with Gasteiger partial charge in [-0.1, -0.05) is 30.2 Å². The first-order chi connectivity index (χ1) is 19.8. The standard InChI is InChI=1S/C31H31F3N6O/c1-5-21-24(33)10-9-18-7-6-8-22(26(18)21)28-27(34)29-23(14-36-28)30(40(4)25-11-12-35-17(25)2)38-31(37-29)41-16-20-13-19(32)15-39(20)3/h1,6-10,14,17,19-20,25,35H,11-13,15-16H2,2-4H3/t17-,19-,20+,25-/m1/s1. The van der Waals surface area contributed by atoms with Crippen molar-refractivity contribution in [2.75, 3.05) is 38.7 Å². The Balaban J connectivity index is 1.50. The van der Waals surface area contributed by atoms with Gasteiger partial charge in [-0.25, -0.2) is 13.2 Å². The zero-order valence-corrected chi connectivity index (χ0v) is 23.2. The van der Waals surface area contributed by atoms with Crippen molar-refractivity contribution in [2.24, 2.45) is 0 Å². The Labute approximate surface area is 236 Å². The zero-order chi connectivity index (χ0) is 28.8. The average molecular weight is 561 g/mol. The number of nitrogens with one attached hydrogen (secondary N) is 1. The predicted molar refractivity (Wildman–Crippen MR) is 154 cm³/mol. The highest BCUT2D eigenvalue weighted by Crippen LogP contribution is 2.37. The number of terminal acetylenes is 1. The molecular weight excluding hydrogens is 529 g/mol. The Morgan fingerprint density at radius 3 is 2.76 bits per heavy atom. The van der Waals surface area contributed by atoms with Crippen molar-refractivity contribution in [3.8, 4) is 29.6 Å². The maximum atomic E-state index is 16.5. The van der Waals surface area contributed by atoms with Gasteiger partial charge in [0.15, 0.2) is 5.82 Å². The van der Waals surface area contributed by atoms with Crippen LogP contribution in [0, 0.1) is 24.0 Å². The predicted octanol–water partition coefficient (Wildman–Crippen LogP) is 4.71. The fraction of sp³-hybridized carbons (Fsp3) is 0.387. The fourth-order valence-electron chi connectivity index (χ4n) is 6.14. The summed E-state index contributed by atoms with van der Waals surface area (Å²) >= 11 is 0. The monoisotopic (exact) mass is 560 g/mol. The number of pyridine rings is 1. The lowest BCUT2D eigenvalue weighted by Gasteiger charge is -2.29. The van der Waals surface area contributed by atoms with E-state index >= 15 is 4.39 Å². The van der Waals surface area contributed by atoms with E-state index in [1.165, 1.54) is 6.07 Å². The molecule has 6 rings (SSSR count). The molecule has 4 aromatic rings. The van der Waals surface area contributed by atoms with E-state index in [0.29, 0.717) is 40.5 Å². The molecule has 41 heavy (non-hydrogen) atoms. The second-order valence-electron chi connectivity index (χ2n) is 10.9. The fourth-order valence-corrected chi connectivity index (χ4v) is 6.14. The van der Waals surface area contributed by atoms with Crippen LogP contribution in [-0.4, -0.2) is 77.9 Å². The second-order valence-corrected chi connectivity index (χ2v) is 10.9. The van der Waals surface area contributed by atoms with E-state index in [1.54, 1.807) is 30.5 Å². The highest BCUT2D eigenvalue weighted by Gasteiger charge is 2.32. The summed E-state index contributed by atoms with van der Waals surface area (Å²) in [6.07, 6.45) is 7.51. The number of aromatic nitrogens is 3. The summed E-state index contributed by atoms with van der Waals surface area (Å²) in [6.45, 7) is 3.45. The lowest BCUT2D eigenvalue weighted by Crippen LogP contribution is -2.40. The number of likely N-dealkylation sites (N-methyl/N-ethyl adjacent to an activating group) is 2. The number of alkyl halides is 1. The maximum absolute atomic E-state index is 16.5. The highest BCUT2D eigenvalue weighted by atomic mass is 19.1. The summed E-state index contributed by atoms with van der Waals surface area (Å²) in [4.78, 5) is 17.6. The van der Waals surface area contributed by atoms with Crippen molar-refractivity contribution < 1.29 is 17.9 Å². The first-order valence-corrected chi connectivity index (χ1v) is 13.7. The number of anilines is 1. The molecule has 4 atom stereocenters. The normalized spacial score (nSPS) is 22.9. The summed E-state index contributed by atoms with van der Waals surface area (Å²) < 4.78 is 51.1. The van der Waals surface area contributed by atoms with Gasteiger partial charge in [-0.2, -0.15) is 9.97 Å². The van der Waals surface area contributed by atoms with Gasteiger partial charge in [-0.05, 0) is 44.8 Å². The van der Waals surface area contributed by atoms with Crippen molar-refractivity contribution in [1.29, 1.82) is 0 Å². The molecule has 0 radical (unpaired) electrons. The Hall–Kier alpha value is -3.94. The zero-order valence-electron chi connectivity index (χ0n) is 23.2. The Morgan fingerprint density at radius 2 is 2.05 bits per heavy atom. The molecule has 0 unspecified atom stereocenters. The van der Waals surface area contributed by atoms with Crippen LogP contribution in [0.4, 0.5) is 19.0 Å². The molecule has 0 aliphatic carbocycles. The third-order valence-electron chi connectivity index (χ3n) is 8.39. The van der Waals surface area contributed by atoms with Gasteiger partial charge in [0.05, 0.1) is 10.9 Å². The van der Waals surface area contributed by atoms with Crippen LogP contribution in [0.15, 0.2) is 36.5 Å². The number of hydrogen-bond donors (Lipinski definition) is 1. The molecule has 1 N–H and O–H groups in total. The van der Waals surface area contributed by atoms with E-state index in [0.717, 1.165) is 13.0 Å². The molecule has 0 bridgehead atoms. The summed E-state index contributed by atoms with van der Waals surface area (Å²) in [5.74, 6) is 1.64. The van der Waals surface area contributed by atoms with Crippen molar-refractivity contribution in [3.05, 3.63) is 53.7 Å². The lowest BCUT2D eigenvalue weighted by atomic mass is 9.96. The van der Waals surface area contributed by atoms with E-state index in [4.69, 9.17) is 11.2 Å². The number of benzene rings is 2. The molecule has 2 aliphatic rings. The van der Waals surface area contributed by atoms with E-state index in [9.17, 15) is 8.78 Å². The first-order valence-electron chi connectivity index (χ1n) is 13.7. The third-order valence-corrected chi connectivity index (χ3v) is 8.39. The minimum Gasteiger partial charge on any atom is -0.462 e. The molecule has 2 fully saturated rings. The largest absolute Gasteiger partial charge is 0.462 e. The van der Waals surface area contributed by atoms with Gasteiger partial charge < -0.3 is 15.0 Å². The molecule has 2 aromatic carbocycles. The number of ether oxygens (including phenoxy) is 1. The van der Waals surface area contributed by atoms with Crippen molar-refractivity contribution >= 4 is 27.5 Å². The summed E-state index contributed by atoms with van der Waals surface area (Å²) in [5.41, 5.74) is 0.427. The average Bonchev–Trinajstić information content (AvgIpc) is 3.54. The van der Waals surface area contributed by atoms with Crippen LogP contribution in [0.3, 0.4) is 0 Å². The van der Waals surface area contributed by atoms with Crippen LogP contribution in [0.2, 0.25) is 0 Å². The van der Waals surface area contributed by atoms with Gasteiger partial charge in [0, 0.05) is 48.9 Å². The van der Waals surface area contributed by atoms with Gasteiger partial charge >= 0.3 is 6.01 Å². The number of halogens is 3. The SMILES string of the molecule is C#Cc1c(F)ccc2cccc(-c3ncc4c(N(C)[C@@H]5CCN[C@@H]5C)nc(OC[C@@H]5C[C@@H](F)CN5C)nc4c3F)c12. The summed E-state index contributed by atoms with van der Waals surface area (Å²) in [7, 11) is 3.76. The van der Waals surface area contributed by atoms with Crippen LogP contribution in [0.1, 0.15) is 25.3 Å². The molecule has 4 heterocycles. The number of hydrogen-bond acceptors (Lipinski definition) is 7. The molecule has 212 valence electrons. The van der Waals surface area contributed by atoms with Crippen LogP contribution >= 0.6 is 0 Å². The van der Waals surface area contributed by atoms with Crippen LogP contribution in [0.5, 0.6) is 6.01 Å². The smallest absolute Gasteiger partial charge is 0.319 e. The van der Waals surface area contributed by atoms with Crippen LogP contribution < -0.4 is 15.0 Å². The topological polar surface area (TPSA) is 66.4 Å². The molecule has 10 heteroatoms. The van der Waals surface area contributed by atoms with E-state index in [2.05, 4.69) is 33.1 Å². The van der Waals surface area contributed by atoms with Gasteiger partial charge in [0.1, 0.15) is 35.6 Å². The van der Waals surface area contributed by atoms with Crippen LogP contribution in [0.25, 0.3) is 32.9 Å². The number of nitrogens with zero attached hydrogens (tertiary/aromatic N) is 5. The summed E-state index contributed by atoms with van der Waals surface area (Å²) in [5, 5.41) is 4.93. The number of likely N-dealkylation sites (tertiary alicyclic amines) is 1. The van der Waals surface area contributed by atoms with Gasteiger partial charge in [-0.15, -0.1) is 6.42 Å². The van der Waals surface area contributed by atoms with Gasteiger partial charge in [0.25, 0.3) is 0 Å². The molecule has 2 aliphatic heterocycles. The van der Waals surface area contributed by atoms with Crippen molar-refractivity contribution in [2.45, 2.75) is 44.1 Å². The molecule has 0 spiro atoms. The minimum atomic E-state index is -0.923. The number of rotatable bonds is 6. The number of fused-ring (bicyclic) bond motifs is 2. The van der Waals surface area contributed by atoms with Gasteiger partial charge in [-0.3, -0.25) is 9.88 Å². The van der Waals surface area contributed by atoms with Crippen molar-refractivity contribution in [1.82, 2.24) is 25.2 Å². The Bertz CT molecular complexity index is 1670. The highest BCUT2D eigenvalue weighted by molar-refractivity contribution is 6.02. The summed E-state index contributed by atoms with van der Waals surface area (Å²) in [6, 6.07) is 8.26. The van der Waals surface area contributed by atoms with E-state index in [1.807, 2.05) is 23.9 Å². The molecular formula is C31H31F3N6O. The molecule has 0 amide bonds. The molecule has 2 aromatic heterocycles. The molecule has 7 nitrogen and oxygen atoms in total. The van der Waals surface area contributed by atoms with E-state index in [-0.39, 0.29) is 47.5 Å². The Kier molecular flexibility index (Phi) is 7.18. The quantitative estimate of drug-likeness (QED) is 0.343. The molecule has 2 saturated heterocycles. The van der Waals surface area contributed by atoms with Gasteiger partial charge in [0.2, 0.25) is 0 Å². The first kappa shape index (κ1) is 27.2. The minimum absolute atomic E-state index is 0.00186. The Morgan fingerprint density at radius 1 is 1.22 bits per heavy atom. The van der Waals surface area contributed by atoms with Crippen LogP contribution in [-0.2, 0) is 0 Å². The third kappa shape index (κ3) is 4.83. The maximum Gasteiger partial charge on any atom is 0.319 e.